The van der Waals surface area contributed by atoms with Crippen LogP contribution in [-0.4, -0.2) is 28.5 Å². The molecule has 1 fully saturated rings. The number of fused-ring (bicyclic) bond motifs is 1. The van der Waals surface area contributed by atoms with E-state index in [0.29, 0.717) is 6.04 Å². The number of pyridine rings is 1. The molecule has 1 aliphatic rings. The third-order valence-corrected chi connectivity index (χ3v) is 4.94. The molecule has 2 aromatic heterocycles. The summed E-state index contributed by atoms with van der Waals surface area (Å²) in [4.78, 5) is 6.76. The van der Waals surface area contributed by atoms with Crippen molar-refractivity contribution in [2.75, 3.05) is 18.0 Å². The summed E-state index contributed by atoms with van der Waals surface area (Å²) < 4.78 is 2.05. The van der Waals surface area contributed by atoms with E-state index in [4.69, 9.17) is 0 Å². The molecule has 0 spiro atoms. The van der Waals surface area contributed by atoms with Crippen LogP contribution in [0, 0.1) is 11.3 Å². The fourth-order valence-electron chi connectivity index (χ4n) is 3.57. The molecule has 1 aromatic carbocycles. The Hall–Kier alpha value is -2.84. The Labute approximate surface area is 147 Å². The Morgan fingerprint density at radius 2 is 1.96 bits per heavy atom. The lowest BCUT2D eigenvalue weighted by atomic mass is 10.0. The topological polar surface area (TPSA) is 56.4 Å². The van der Waals surface area contributed by atoms with Crippen molar-refractivity contribution in [2.45, 2.75) is 25.4 Å². The van der Waals surface area contributed by atoms with Gasteiger partial charge in [0.1, 0.15) is 11.7 Å². The molecule has 0 radical (unpaired) electrons. The fourth-order valence-corrected chi connectivity index (χ4v) is 3.57. The minimum atomic E-state index is 0.501. The molecule has 25 heavy (non-hydrogen) atoms. The first-order chi connectivity index (χ1) is 12.3. The molecule has 4 rings (SSSR count). The van der Waals surface area contributed by atoms with Gasteiger partial charge in [0.2, 0.25) is 0 Å². The Balaban J connectivity index is 1.36. The molecule has 126 valence electrons. The predicted molar refractivity (Wildman–Crippen MR) is 98.4 cm³/mol. The molecule has 0 bridgehead atoms. The number of aromatic nitrogens is 2. The largest absolute Gasteiger partial charge is 0.370 e. The van der Waals surface area contributed by atoms with Crippen LogP contribution >= 0.6 is 0 Å². The molecule has 1 N–H and O–H groups in total. The zero-order chi connectivity index (χ0) is 17.1. The molecule has 5 nitrogen and oxygen atoms in total. The number of rotatable bonds is 4. The van der Waals surface area contributed by atoms with Gasteiger partial charge in [-0.2, -0.15) is 5.26 Å². The first-order valence-electron chi connectivity index (χ1n) is 8.73. The van der Waals surface area contributed by atoms with Gasteiger partial charge in [0, 0.05) is 49.8 Å². The summed E-state index contributed by atoms with van der Waals surface area (Å²) in [6, 6.07) is 14.9. The van der Waals surface area contributed by atoms with E-state index >= 15 is 0 Å². The first-order valence-corrected chi connectivity index (χ1v) is 8.73. The number of piperidine rings is 1. The van der Waals surface area contributed by atoms with Gasteiger partial charge in [0.05, 0.1) is 11.3 Å². The Bertz CT molecular complexity index is 900. The van der Waals surface area contributed by atoms with Crippen LogP contribution in [0.4, 0.5) is 5.69 Å². The SMILES string of the molecule is N#Cc1ccccc1N1CCC(NCc2cccn3ccnc23)CC1. The number of hydrogen-bond donors (Lipinski definition) is 1. The number of nitrogens with one attached hydrogen (secondary N) is 1. The summed E-state index contributed by atoms with van der Waals surface area (Å²) in [6.07, 6.45) is 8.00. The molecular formula is C20H21N5. The van der Waals surface area contributed by atoms with Crippen molar-refractivity contribution in [1.82, 2.24) is 14.7 Å². The van der Waals surface area contributed by atoms with Gasteiger partial charge in [-0.3, -0.25) is 0 Å². The summed E-state index contributed by atoms with van der Waals surface area (Å²) in [5.41, 5.74) is 4.07. The number of nitriles is 1. The third-order valence-electron chi connectivity index (χ3n) is 4.94. The molecule has 0 unspecified atom stereocenters. The Morgan fingerprint density at radius 3 is 2.80 bits per heavy atom. The monoisotopic (exact) mass is 331 g/mol. The standard InChI is InChI=1S/C20H21N5/c21-14-16-4-1-2-6-19(16)24-11-7-18(8-12-24)23-15-17-5-3-10-25-13-9-22-20(17)25/h1-6,9-10,13,18,23H,7-8,11-12,15H2. The lowest BCUT2D eigenvalue weighted by Crippen LogP contribution is -2.42. The van der Waals surface area contributed by atoms with E-state index in [9.17, 15) is 5.26 Å². The van der Waals surface area contributed by atoms with Gasteiger partial charge in [-0.05, 0) is 31.0 Å². The second-order valence-electron chi connectivity index (χ2n) is 6.46. The number of hydrogen-bond acceptors (Lipinski definition) is 4. The summed E-state index contributed by atoms with van der Waals surface area (Å²) in [5.74, 6) is 0. The highest BCUT2D eigenvalue weighted by molar-refractivity contribution is 5.59. The fraction of sp³-hybridized carbons (Fsp3) is 0.300. The van der Waals surface area contributed by atoms with Crippen LogP contribution in [0.25, 0.3) is 5.65 Å². The molecule has 1 aliphatic heterocycles. The predicted octanol–water partition coefficient (Wildman–Crippen LogP) is 2.96. The summed E-state index contributed by atoms with van der Waals surface area (Å²) >= 11 is 0. The van der Waals surface area contributed by atoms with Crippen molar-refractivity contribution in [2.24, 2.45) is 0 Å². The zero-order valence-electron chi connectivity index (χ0n) is 14.1. The summed E-state index contributed by atoms with van der Waals surface area (Å²) in [6.45, 7) is 2.79. The normalized spacial score (nSPS) is 15.4. The van der Waals surface area contributed by atoms with Crippen molar-refractivity contribution < 1.29 is 0 Å². The average Bonchev–Trinajstić information content (AvgIpc) is 3.16. The molecule has 0 aliphatic carbocycles. The van der Waals surface area contributed by atoms with Crippen LogP contribution in [0.15, 0.2) is 55.0 Å². The van der Waals surface area contributed by atoms with Crippen molar-refractivity contribution in [3.63, 3.8) is 0 Å². The minimum Gasteiger partial charge on any atom is -0.370 e. The third kappa shape index (κ3) is 3.21. The highest BCUT2D eigenvalue weighted by Crippen LogP contribution is 2.23. The number of anilines is 1. The molecule has 0 saturated carbocycles. The van der Waals surface area contributed by atoms with E-state index in [0.717, 1.165) is 49.4 Å². The lowest BCUT2D eigenvalue weighted by Gasteiger charge is -2.34. The van der Waals surface area contributed by atoms with E-state index in [-0.39, 0.29) is 0 Å². The van der Waals surface area contributed by atoms with Gasteiger partial charge >= 0.3 is 0 Å². The Kier molecular flexibility index (Phi) is 4.36. The van der Waals surface area contributed by atoms with Gasteiger partial charge in [-0.15, -0.1) is 0 Å². The van der Waals surface area contributed by atoms with Gasteiger partial charge < -0.3 is 14.6 Å². The van der Waals surface area contributed by atoms with E-state index in [1.165, 1.54) is 5.56 Å². The Morgan fingerprint density at radius 1 is 1.12 bits per heavy atom. The summed E-state index contributed by atoms with van der Waals surface area (Å²) in [5, 5.41) is 13.0. The molecule has 1 saturated heterocycles. The van der Waals surface area contributed by atoms with Crippen molar-refractivity contribution >= 4 is 11.3 Å². The number of para-hydroxylation sites is 1. The second kappa shape index (κ2) is 6.96. The van der Waals surface area contributed by atoms with Crippen LogP contribution < -0.4 is 10.2 Å². The molecule has 3 heterocycles. The minimum absolute atomic E-state index is 0.501. The first kappa shape index (κ1) is 15.7. The van der Waals surface area contributed by atoms with E-state index in [2.05, 4.69) is 37.8 Å². The maximum absolute atomic E-state index is 9.28. The lowest BCUT2D eigenvalue weighted by molar-refractivity contribution is 0.414. The smallest absolute Gasteiger partial charge is 0.141 e. The van der Waals surface area contributed by atoms with Gasteiger partial charge in [-0.25, -0.2) is 4.98 Å². The van der Waals surface area contributed by atoms with Gasteiger partial charge in [-0.1, -0.05) is 18.2 Å². The van der Waals surface area contributed by atoms with Crippen LogP contribution in [0.5, 0.6) is 0 Å². The molecule has 3 aromatic rings. The van der Waals surface area contributed by atoms with Gasteiger partial charge in [0.15, 0.2) is 0 Å². The quantitative estimate of drug-likeness (QED) is 0.798. The van der Waals surface area contributed by atoms with E-state index in [1.807, 2.05) is 42.9 Å². The van der Waals surface area contributed by atoms with E-state index < -0.39 is 0 Å². The van der Waals surface area contributed by atoms with Crippen LogP contribution in [0.3, 0.4) is 0 Å². The van der Waals surface area contributed by atoms with Crippen molar-refractivity contribution in [3.8, 4) is 6.07 Å². The van der Waals surface area contributed by atoms with Crippen LogP contribution in [-0.2, 0) is 6.54 Å². The second-order valence-corrected chi connectivity index (χ2v) is 6.46. The maximum Gasteiger partial charge on any atom is 0.141 e. The average molecular weight is 331 g/mol. The highest BCUT2D eigenvalue weighted by Gasteiger charge is 2.20. The van der Waals surface area contributed by atoms with Gasteiger partial charge in [0.25, 0.3) is 0 Å². The van der Waals surface area contributed by atoms with Crippen molar-refractivity contribution in [1.29, 1.82) is 5.26 Å². The van der Waals surface area contributed by atoms with Crippen LogP contribution in [0.2, 0.25) is 0 Å². The maximum atomic E-state index is 9.28. The number of benzene rings is 1. The van der Waals surface area contributed by atoms with Crippen LogP contribution in [0.1, 0.15) is 24.0 Å². The number of nitrogens with zero attached hydrogens (tertiary/aromatic N) is 4. The molecule has 5 heteroatoms. The highest BCUT2D eigenvalue weighted by atomic mass is 15.1. The molecular weight excluding hydrogens is 310 g/mol. The summed E-state index contributed by atoms with van der Waals surface area (Å²) in [7, 11) is 0. The zero-order valence-corrected chi connectivity index (χ0v) is 14.1. The molecule has 0 atom stereocenters. The van der Waals surface area contributed by atoms with E-state index in [1.54, 1.807) is 0 Å². The van der Waals surface area contributed by atoms with Crippen molar-refractivity contribution in [3.05, 3.63) is 66.1 Å². The molecule has 0 amide bonds. The number of imidazole rings is 1.